The highest BCUT2D eigenvalue weighted by atomic mass is 19.4. The van der Waals surface area contributed by atoms with Gasteiger partial charge in [-0.05, 0) is 66.9 Å². The van der Waals surface area contributed by atoms with Crippen LogP contribution in [0.2, 0.25) is 0 Å². The Morgan fingerprint density at radius 2 is 1.77 bits per heavy atom. The third kappa shape index (κ3) is 4.11. The van der Waals surface area contributed by atoms with Crippen molar-refractivity contribution in [3.8, 4) is 11.5 Å². The fourth-order valence-electron chi connectivity index (χ4n) is 2.98. The number of hydrogen-bond donors (Lipinski definition) is 1. The Morgan fingerprint density at radius 1 is 1.13 bits per heavy atom. The molecule has 0 fully saturated rings. The van der Waals surface area contributed by atoms with E-state index in [9.17, 15) is 23.1 Å². The summed E-state index contributed by atoms with van der Waals surface area (Å²) in [6, 6.07) is 11.2. The summed E-state index contributed by atoms with van der Waals surface area (Å²) in [5, 5.41) is 14.2. The zero-order valence-corrected chi connectivity index (χ0v) is 16.7. The van der Waals surface area contributed by atoms with Gasteiger partial charge in [0.15, 0.2) is 6.61 Å². The number of hydrazone groups is 1. The Labute approximate surface area is 171 Å². The van der Waals surface area contributed by atoms with Crippen molar-refractivity contribution in [1.29, 1.82) is 0 Å². The monoisotopic (exact) mass is 422 g/mol. The second-order valence-corrected chi connectivity index (χ2v) is 7.01. The molecule has 3 rings (SSSR count). The molecule has 1 unspecified atom stereocenters. The molecule has 1 aliphatic rings. The third-order valence-corrected chi connectivity index (χ3v) is 4.94. The number of alkyl halides is 3. The number of aryl methyl sites for hydroxylation is 2. The van der Waals surface area contributed by atoms with Crippen molar-refractivity contribution < 1.29 is 32.5 Å². The topological polar surface area (TPSA) is 71.4 Å². The van der Waals surface area contributed by atoms with E-state index in [2.05, 4.69) is 5.10 Å². The van der Waals surface area contributed by atoms with E-state index in [-0.39, 0.29) is 10.7 Å². The van der Waals surface area contributed by atoms with Gasteiger partial charge < -0.3 is 14.6 Å². The minimum Gasteiger partial charge on any atom is -0.497 e. The van der Waals surface area contributed by atoms with Crippen molar-refractivity contribution in [3.05, 3.63) is 59.2 Å². The predicted molar refractivity (Wildman–Crippen MR) is 103 cm³/mol. The molecule has 0 saturated carbocycles. The zero-order chi connectivity index (χ0) is 22.1. The van der Waals surface area contributed by atoms with Gasteiger partial charge in [-0.15, -0.1) is 0 Å². The van der Waals surface area contributed by atoms with Crippen molar-refractivity contribution in [1.82, 2.24) is 5.01 Å². The molecule has 1 atom stereocenters. The summed E-state index contributed by atoms with van der Waals surface area (Å²) in [5.41, 5.74) is -1.27. The molecule has 6 nitrogen and oxygen atoms in total. The van der Waals surface area contributed by atoms with Gasteiger partial charge in [-0.1, -0.05) is 6.07 Å². The third-order valence-electron chi connectivity index (χ3n) is 4.94. The summed E-state index contributed by atoms with van der Waals surface area (Å²) in [7, 11) is 1.46. The second kappa shape index (κ2) is 7.98. The summed E-state index contributed by atoms with van der Waals surface area (Å²) in [4.78, 5) is 12.5. The molecule has 0 spiro atoms. The fraction of sp³-hybridized carbons (Fsp3) is 0.333. The minimum absolute atomic E-state index is 0.0631. The number of ether oxygens (including phenoxy) is 2. The maximum Gasteiger partial charge on any atom is 0.438 e. The Balaban J connectivity index is 1.84. The van der Waals surface area contributed by atoms with E-state index in [1.807, 2.05) is 13.8 Å². The largest absolute Gasteiger partial charge is 0.497 e. The van der Waals surface area contributed by atoms with E-state index in [0.717, 1.165) is 11.1 Å². The summed E-state index contributed by atoms with van der Waals surface area (Å²) >= 11 is 0. The highest BCUT2D eigenvalue weighted by Gasteiger charge is 2.63. The quantitative estimate of drug-likeness (QED) is 0.800. The lowest BCUT2D eigenvalue weighted by Crippen LogP contribution is -2.57. The van der Waals surface area contributed by atoms with E-state index in [0.29, 0.717) is 17.1 Å². The molecule has 30 heavy (non-hydrogen) atoms. The number of nitrogens with zero attached hydrogens (tertiary/aromatic N) is 2. The lowest BCUT2D eigenvalue weighted by molar-refractivity contribution is -0.302. The first-order valence-electron chi connectivity index (χ1n) is 9.09. The Hall–Kier alpha value is -3.07. The molecule has 0 radical (unpaired) electrons. The highest BCUT2D eigenvalue weighted by Crippen LogP contribution is 2.41. The van der Waals surface area contributed by atoms with Crippen LogP contribution in [-0.2, 0) is 4.79 Å². The molecule has 9 heteroatoms. The van der Waals surface area contributed by atoms with Crippen LogP contribution >= 0.6 is 0 Å². The first kappa shape index (κ1) is 21.6. The van der Waals surface area contributed by atoms with Crippen LogP contribution in [0.5, 0.6) is 11.5 Å². The molecule has 1 heterocycles. The SMILES string of the molecule is COc1ccc(C2=NN(C(=O)COc3ccc(C)c(C)c3)C(O)(C(F)(F)F)C2)cc1. The molecular weight excluding hydrogens is 401 g/mol. The predicted octanol–water partition coefficient (Wildman–Crippen LogP) is 3.58. The Morgan fingerprint density at radius 3 is 2.33 bits per heavy atom. The number of carbonyl (C=O) groups excluding carboxylic acids is 1. The summed E-state index contributed by atoms with van der Waals surface area (Å²) < 4.78 is 51.3. The number of rotatable bonds is 5. The Kier molecular flexibility index (Phi) is 5.76. The molecule has 0 saturated heterocycles. The molecule has 0 aromatic heterocycles. The van der Waals surface area contributed by atoms with Crippen LogP contribution in [0.1, 0.15) is 23.1 Å². The van der Waals surface area contributed by atoms with Crippen LogP contribution in [-0.4, -0.2) is 47.4 Å². The van der Waals surface area contributed by atoms with Gasteiger partial charge in [0.05, 0.1) is 19.2 Å². The van der Waals surface area contributed by atoms with Gasteiger partial charge in [0.2, 0.25) is 0 Å². The van der Waals surface area contributed by atoms with Crippen molar-refractivity contribution in [2.45, 2.75) is 32.2 Å². The van der Waals surface area contributed by atoms with Crippen LogP contribution in [0, 0.1) is 13.8 Å². The molecule has 2 aromatic carbocycles. The van der Waals surface area contributed by atoms with Gasteiger partial charge in [0, 0.05) is 0 Å². The highest BCUT2D eigenvalue weighted by molar-refractivity contribution is 6.03. The average molecular weight is 422 g/mol. The van der Waals surface area contributed by atoms with Crippen LogP contribution < -0.4 is 9.47 Å². The molecule has 1 amide bonds. The van der Waals surface area contributed by atoms with E-state index in [1.54, 1.807) is 30.3 Å². The van der Waals surface area contributed by atoms with Crippen LogP contribution in [0.15, 0.2) is 47.6 Å². The number of methoxy groups -OCH3 is 1. The van der Waals surface area contributed by atoms with Crippen LogP contribution in [0.3, 0.4) is 0 Å². The summed E-state index contributed by atoms with van der Waals surface area (Å²) in [5.74, 6) is -0.268. The van der Waals surface area contributed by atoms with Gasteiger partial charge in [-0.3, -0.25) is 4.79 Å². The molecule has 160 valence electrons. The molecular formula is C21H21F3N2O4. The van der Waals surface area contributed by atoms with Crippen molar-refractivity contribution >= 4 is 11.6 Å². The van der Waals surface area contributed by atoms with E-state index in [4.69, 9.17) is 9.47 Å². The van der Waals surface area contributed by atoms with Crippen LogP contribution in [0.25, 0.3) is 0 Å². The normalized spacial score (nSPS) is 18.9. The number of hydrogen-bond acceptors (Lipinski definition) is 5. The van der Waals surface area contributed by atoms with E-state index >= 15 is 0 Å². The summed E-state index contributed by atoms with van der Waals surface area (Å²) in [6.07, 6.45) is -6.00. The lowest BCUT2D eigenvalue weighted by Gasteiger charge is -2.32. The second-order valence-electron chi connectivity index (χ2n) is 7.01. The molecule has 0 aliphatic carbocycles. The number of aliphatic hydroxyl groups is 1. The Bertz CT molecular complexity index is 973. The number of amides is 1. The number of halogens is 3. The summed E-state index contributed by atoms with van der Waals surface area (Å²) in [6.45, 7) is 3.03. The van der Waals surface area contributed by atoms with Gasteiger partial charge >= 0.3 is 6.18 Å². The van der Waals surface area contributed by atoms with Gasteiger partial charge in [0.1, 0.15) is 11.5 Å². The smallest absolute Gasteiger partial charge is 0.438 e. The van der Waals surface area contributed by atoms with Crippen molar-refractivity contribution in [2.24, 2.45) is 5.10 Å². The maximum absolute atomic E-state index is 13.6. The lowest BCUT2D eigenvalue weighted by atomic mass is 10.0. The van der Waals surface area contributed by atoms with Gasteiger partial charge in [0.25, 0.3) is 11.6 Å². The van der Waals surface area contributed by atoms with Crippen molar-refractivity contribution in [3.63, 3.8) is 0 Å². The van der Waals surface area contributed by atoms with Gasteiger partial charge in [-0.2, -0.15) is 23.3 Å². The van der Waals surface area contributed by atoms with Crippen molar-refractivity contribution in [2.75, 3.05) is 13.7 Å². The van der Waals surface area contributed by atoms with Gasteiger partial charge in [-0.25, -0.2) is 0 Å². The van der Waals surface area contributed by atoms with Crippen LogP contribution in [0.4, 0.5) is 13.2 Å². The van der Waals surface area contributed by atoms with E-state index < -0.39 is 30.8 Å². The fourth-order valence-corrected chi connectivity index (χ4v) is 2.98. The number of benzene rings is 2. The zero-order valence-electron chi connectivity index (χ0n) is 16.7. The molecule has 0 bridgehead atoms. The molecule has 1 aliphatic heterocycles. The van der Waals surface area contributed by atoms with E-state index in [1.165, 1.54) is 19.2 Å². The number of carbonyl (C=O) groups is 1. The molecule has 1 N–H and O–H groups in total. The minimum atomic E-state index is -5.11. The standard InChI is InChI=1S/C21H21F3N2O4/c1-13-4-7-17(10-14(13)2)30-12-19(27)26-20(28,21(22,23)24)11-18(25-26)15-5-8-16(29-3)9-6-15/h4-10,28H,11-12H2,1-3H3. The first-order valence-corrected chi connectivity index (χ1v) is 9.09. The average Bonchev–Trinajstić information content (AvgIpc) is 3.08. The maximum atomic E-state index is 13.6. The first-order chi connectivity index (χ1) is 14.0. The molecule has 2 aromatic rings.